The lowest BCUT2D eigenvalue weighted by molar-refractivity contribution is 0.102. The number of amides is 1. The van der Waals surface area contributed by atoms with E-state index < -0.39 is 0 Å². The molecule has 7 heteroatoms. The van der Waals surface area contributed by atoms with E-state index in [-0.39, 0.29) is 11.7 Å². The minimum Gasteiger partial charge on any atom is -0.472 e. The molecule has 0 saturated heterocycles. The van der Waals surface area contributed by atoms with Crippen LogP contribution in [-0.2, 0) is 0 Å². The van der Waals surface area contributed by atoms with Gasteiger partial charge in [-0.3, -0.25) is 4.79 Å². The minimum absolute atomic E-state index is 0.325. The van der Waals surface area contributed by atoms with Crippen molar-refractivity contribution in [1.82, 2.24) is 9.97 Å². The first kappa shape index (κ1) is 17.8. The van der Waals surface area contributed by atoms with E-state index in [1.807, 2.05) is 6.07 Å². The third-order valence-corrected chi connectivity index (χ3v) is 4.62. The fourth-order valence-electron chi connectivity index (χ4n) is 3.13. The zero-order valence-corrected chi connectivity index (χ0v) is 15.5. The van der Waals surface area contributed by atoms with Gasteiger partial charge >= 0.3 is 0 Å². The van der Waals surface area contributed by atoms with E-state index in [0.717, 1.165) is 11.1 Å². The molecule has 0 radical (unpaired) electrons. The highest BCUT2D eigenvalue weighted by Gasteiger charge is 2.16. The number of nitrogens with one attached hydrogen (secondary N) is 1. The Morgan fingerprint density at radius 3 is 2.03 bits per heavy atom. The van der Waals surface area contributed by atoms with Gasteiger partial charge in [0.1, 0.15) is 17.2 Å². The Bertz CT molecular complexity index is 1330. The van der Waals surface area contributed by atoms with Gasteiger partial charge in [0.25, 0.3) is 5.91 Å². The molecule has 1 amide bonds. The molecule has 3 heterocycles. The highest BCUT2D eigenvalue weighted by Crippen LogP contribution is 2.31. The molecule has 0 spiro atoms. The number of rotatable bonds is 4. The molecule has 3 aromatic heterocycles. The predicted octanol–water partition coefficient (Wildman–Crippen LogP) is 5.54. The van der Waals surface area contributed by atoms with Crippen LogP contribution in [0.1, 0.15) is 10.4 Å². The van der Waals surface area contributed by atoms with Crippen molar-refractivity contribution in [2.45, 2.75) is 0 Å². The second-order valence-corrected chi connectivity index (χ2v) is 6.61. The second kappa shape index (κ2) is 7.29. The molecule has 1 N–H and O–H groups in total. The molecule has 0 fully saturated rings. The van der Waals surface area contributed by atoms with Gasteiger partial charge in [-0.15, -0.1) is 0 Å². The van der Waals surface area contributed by atoms with Crippen LogP contribution < -0.4 is 5.32 Å². The first-order valence-electron chi connectivity index (χ1n) is 9.11. The Balaban J connectivity index is 1.56. The summed E-state index contributed by atoms with van der Waals surface area (Å²) in [5, 5.41) is 2.74. The Kier molecular flexibility index (Phi) is 4.33. The molecule has 6 nitrogen and oxygen atoms in total. The number of anilines is 1. The molecule has 0 atom stereocenters. The summed E-state index contributed by atoms with van der Waals surface area (Å²) in [6.45, 7) is 0. The van der Waals surface area contributed by atoms with Gasteiger partial charge in [0.05, 0.1) is 36.1 Å². The van der Waals surface area contributed by atoms with E-state index in [1.165, 1.54) is 24.3 Å². The summed E-state index contributed by atoms with van der Waals surface area (Å²) < 4.78 is 23.5. The smallest absolute Gasteiger partial charge is 0.255 e. The van der Waals surface area contributed by atoms with Crippen LogP contribution in [0.4, 0.5) is 10.1 Å². The predicted molar refractivity (Wildman–Crippen MR) is 109 cm³/mol. The van der Waals surface area contributed by atoms with Gasteiger partial charge in [-0.25, -0.2) is 14.4 Å². The van der Waals surface area contributed by atoms with E-state index in [9.17, 15) is 9.18 Å². The molecular weight excluding hydrogens is 385 g/mol. The van der Waals surface area contributed by atoms with Gasteiger partial charge in [-0.05, 0) is 54.6 Å². The van der Waals surface area contributed by atoms with Crippen molar-refractivity contribution in [1.29, 1.82) is 0 Å². The van der Waals surface area contributed by atoms with E-state index in [1.54, 1.807) is 49.3 Å². The van der Waals surface area contributed by atoms with E-state index >= 15 is 0 Å². The molecule has 0 aliphatic heterocycles. The summed E-state index contributed by atoms with van der Waals surface area (Å²) in [6.07, 6.45) is 6.32. The van der Waals surface area contributed by atoms with Crippen LogP contribution in [0.3, 0.4) is 0 Å². The SMILES string of the molecule is O=C(Nc1ccc(F)cc1)c1ccc2nc(-c3ccoc3)c(-c3ccoc3)nc2c1. The molecule has 146 valence electrons. The molecule has 30 heavy (non-hydrogen) atoms. The van der Waals surface area contributed by atoms with E-state index in [0.29, 0.717) is 33.7 Å². The number of aromatic nitrogens is 2. The molecule has 0 aliphatic carbocycles. The molecule has 5 rings (SSSR count). The number of halogens is 1. The summed E-state index contributed by atoms with van der Waals surface area (Å²) >= 11 is 0. The van der Waals surface area contributed by atoms with Crippen molar-refractivity contribution in [2.24, 2.45) is 0 Å². The summed E-state index contributed by atoms with van der Waals surface area (Å²) in [5.41, 5.74) is 4.94. The van der Waals surface area contributed by atoms with Crippen LogP contribution in [0.2, 0.25) is 0 Å². The topological polar surface area (TPSA) is 81.2 Å². The Morgan fingerprint density at radius 2 is 1.43 bits per heavy atom. The first-order valence-corrected chi connectivity index (χ1v) is 9.11. The number of furan rings is 2. The van der Waals surface area contributed by atoms with Crippen molar-refractivity contribution >= 4 is 22.6 Å². The molecular formula is C23H14FN3O3. The summed E-state index contributed by atoms with van der Waals surface area (Å²) in [4.78, 5) is 22.1. The molecule has 0 unspecified atom stereocenters. The molecule has 5 aromatic rings. The van der Waals surface area contributed by atoms with Crippen LogP contribution in [0.15, 0.2) is 88.5 Å². The Hall–Kier alpha value is -4.26. The molecule has 2 aromatic carbocycles. The van der Waals surface area contributed by atoms with E-state index in [2.05, 4.69) is 5.32 Å². The Morgan fingerprint density at radius 1 is 0.800 bits per heavy atom. The lowest BCUT2D eigenvalue weighted by atomic mass is 10.1. The van der Waals surface area contributed by atoms with Gasteiger partial charge in [0.2, 0.25) is 0 Å². The summed E-state index contributed by atoms with van der Waals surface area (Å²) in [6, 6.07) is 14.3. The standard InChI is InChI=1S/C23H14FN3O3/c24-17-2-4-18(5-3-17)25-23(28)14-1-6-19-20(11-14)27-22(16-8-10-30-13-16)21(26-19)15-7-9-29-12-15/h1-13H,(H,25,28). The van der Waals surface area contributed by atoms with Crippen LogP contribution >= 0.6 is 0 Å². The second-order valence-electron chi connectivity index (χ2n) is 6.61. The van der Waals surface area contributed by atoms with Crippen molar-refractivity contribution < 1.29 is 18.0 Å². The molecule has 0 bridgehead atoms. The van der Waals surface area contributed by atoms with Crippen LogP contribution in [0.25, 0.3) is 33.5 Å². The fraction of sp³-hybridized carbons (Fsp3) is 0. The highest BCUT2D eigenvalue weighted by atomic mass is 19.1. The van der Waals surface area contributed by atoms with Gasteiger partial charge < -0.3 is 14.2 Å². The molecule has 0 aliphatic rings. The van der Waals surface area contributed by atoms with Gasteiger partial charge in [-0.1, -0.05) is 0 Å². The number of hydrogen-bond acceptors (Lipinski definition) is 5. The van der Waals surface area contributed by atoms with Gasteiger partial charge in [0, 0.05) is 22.4 Å². The summed E-state index contributed by atoms with van der Waals surface area (Å²) in [7, 11) is 0. The highest BCUT2D eigenvalue weighted by molar-refractivity contribution is 6.06. The van der Waals surface area contributed by atoms with Crippen LogP contribution in [-0.4, -0.2) is 15.9 Å². The first-order chi connectivity index (χ1) is 14.7. The number of carbonyl (C=O) groups excluding carboxylic acids is 1. The minimum atomic E-state index is -0.366. The average molecular weight is 399 g/mol. The maximum atomic E-state index is 13.1. The third kappa shape index (κ3) is 3.33. The zero-order valence-electron chi connectivity index (χ0n) is 15.5. The van der Waals surface area contributed by atoms with Crippen molar-refractivity contribution in [3.63, 3.8) is 0 Å². The van der Waals surface area contributed by atoms with Gasteiger partial charge in [-0.2, -0.15) is 0 Å². The van der Waals surface area contributed by atoms with E-state index in [4.69, 9.17) is 18.8 Å². The normalized spacial score (nSPS) is 11.0. The fourth-order valence-corrected chi connectivity index (χ4v) is 3.13. The van der Waals surface area contributed by atoms with Crippen molar-refractivity contribution in [3.05, 3.63) is 91.0 Å². The average Bonchev–Trinajstić information content (AvgIpc) is 3.48. The van der Waals surface area contributed by atoms with Crippen molar-refractivity contribution in [2.75, 3.05) is 5.32 Å². The largest absolute Gasteiger partial charge is 0.472 e. The zero-order chi connectivity index (χ0) is 20.5. The van der Waals surface area contributed by atoms with Crippen LogP contribution in [0.5, 0.6) is 0 Å². The lowest BCUT2D eigenvalue weighted by Crippen LogP contribution is -2.12. The number of benzene rings is 2. The quantitative estimate of drug-likeness (QED) is 0.429. The number of hydrogen-bond donors (Lipinski definition) is 1. The number of fused-ring (bicyclic) bond motifs is 1. The maximum Gasteiger partial charge on any atom is 0.255 e. The van der Waals surface area contributed by atoms with Crippen molar-refractivity contribution in [3.8, 4) is 22.5 Å². The number of nitrogens with zero attached hydrogens (tertiary/aromatic N) is 2. The number of carbonyl (C=O) groups is 1. The maximum absolute atomic E-state index is 13.1. The summed E-state index contributed by atoms with van der Waals surface area (Å²) in [5.74, 6) is -0.691. The monoisotopic (exact) mass is 399 g/mol. The molecule has 0 saturated carbocycles. The van der Waals surface area contributed by atoms with Gasteiger partial charge in [0.15, 0.2) is 0 Å². The third-order valence-electron chi connectivity index (χ3n) is 4.62. The Labute approximate surface area is 170 Å². The lowest BCUT2D eigenvalue weighted by Gasteiger charge is -2.09. The van der Waals surface area contributed by atoms with Crippen LogP contribution in [0, 0.1) is 5.82 Å².